The third-order valence-electron chi connectivity index (χ3n) is 3.23. The van der Waals surface area contributed by atoms with E-state index in [1.165, 1.54) is 64.8 Å². The van der Waals surface area contributed by atoms with Gasteiger partial charge >= 0.3 is 0 Å². The van der Waals surface area contributed by atoms with Gasteiger partial charge in [-0.15, -0.1) is 0 Å². The summed E-state index contributed by atoms with van der Waals surface area (Å²) in [7, 11) is 0. The van der Waals surface area contributed by atoms with Gasteiger partial charge in [0.1, 0.15) is 0 Å². The standard InChI is InChI=1S/C11H22N2/c1-2-9-13(8-1)10-7-12-6-5-11-3-4-11/h11-12H,1-10H2. The van der Waals surface area contributed by atoms with E-state index in [-0.39, 0.29) is 0 Å². The highest BCUT2D eigenvalue weighted by molar-refractivity contribution is 4.74. The molecule has 1 saturated carbocycles. The lowest BCUT2D eigenvalue weighted by Gasteiger charge is -2.14. The molecule has 13 heavy (non-hydrogen) atoms. The highest BCUT2D eigenvalue weighted by Gasteiger charge is 2.19. The van der Waals surface area contributed by atoms with Gasteiger partial charge in [-0.25, -0.2) is 0 Å². The van der Waals surface area contributed by atoms with Crippen LogP contribution in [-0.4, -0.2) is 37.6 Å². The van der Waals surface area contributed by atoms with Gasteiger partial charge in [-0.1, -0.05) is 12.8 Å². The zero-order valence-electron chi connectivity index (χ0n) is 8.60. The first kappa shape index (κ1) is 9.47. The van der Waals surface area contributed by atoms with E-state index < -0.39 is 0 Å². The Morgan fingerprint density at radius 2 is 1.85 bits per heavy atom. The summed E-state index contributed by atoms with van der Waals surface area (Å²) >= 11 is 0. The molecular weight excluding hydrogens is 160 g/mol. The third kappa shape index (κ3) is 3.65. The molecule has 2 aliphatic rings. The van der Waals surface area contributed by atoms with Crippen molar-refractivity contribution in [3.63, 3.8) is 0 Å². The maximum Gasteiger partial charge on any atom is 0.0107 e. The van der Waals surface area contributed by atoms with E-state index in [2.05, 4.69) is 10.2 Å². The Balaban J connectivity index is 1.39. The van der Waals surface area contributed by atoms with E-state index in [0.717, 1.165) is 5.92 Å². The minimum atomic E-state index is 1.08. The number of nitrogens with zero attached hydrogens (tertiary/aromatic N) is 1. The molecule has 2 fully saturated rings. The van der Waals surface area contributed by atoms with Crippen LogP contribution < -0.4 is 5.32 Å². The van der Waals surface area contributed by atoms with Gasteiger partial charge in [-0.05, 0) is 44.8 Å². The molecule has 2 nitrogen and oxygen atoms in total. The van der Waals surface area contributed by atoms with Gasteiger partial charge in [0, 0.05) is 13.1 Å². The minimum absolute atomic E-state index is 1.08. The summed E-state index contributed by atoms with van der Waals surface area (Å²) in [5.74, 6) is 1.08. The van der Waals surface area contributed by atoms with Gasteiger partial charge in [-0.3, -0.25) is 0 Å². The number of rotatable bonds is 6. The topological polar surface area (TPSA) is 15.3 Å². The molecule has 0 spiro atoms. The van der Waals surface area contributed by atoms with Crippen molar-refractivity contribution < 1.29 is 0 Å². The molecule has 0 bridgehead atoms. The van der Waals surface area contributed by atoms with Gasteiger partial charge in [-0.2, -0.15) is 0 Å². The number of likely N-dealkylation sites (tertiary alicyclic amines) is 1. The molecule has 1 aliphatic carbocycles. The second-order valence-corrected chi connectivity index (χ2v) is 4.53. The molecule has 0 aromatic rings. The van der Waals surface area contributed by atoms with E-state index in [1.807, 2.05) is 0 Å². The summed E-state index contributed by atoms with van der Waals surface area (Å²) in [4.78, 5) is 2.57. The number of hydrogen-bond acceptors (Lipinski definition) is 2. The van der Waals surface area contributed by atoms with E-state index in [0.29, 0.717) is 0 Å². The molecule has 0 radical (unpaired) electrons. The Bertz CT molecular complexity index is 137. The lowest BCUT2D eigenvalue weighted by Crippen LogP contribution is -2.30. The Morgan fingerprint density at radius 1 is 1.08 bits per heavy atom. The fraction of sp³-hybridized carbons (Fsp3) is 1.00. The minimum Gasteiger partial charge on any atom is -0.315 e. The van der Waals surface area contributed by atoms with Crippen molar-refractivity contribution in [3.05, 3.63) is 0 Å². The Labute approximate surface area is 81.7 Å². The largest absolute Gasteiger partial charge is 0.315 e. The molecule has 1 aliphatic heterocycles. The molecule has 1 N–H and O–H groups in total. The van der Waals surface area contributed by atoms with Crippen LogP contribution in [0.1, 0.15) is 32.1 Å². The molecule has 0 atom stereocenters. The average molecular weight is 182 g/mol. The van der Waals surface area contributed by atoms with Crippen molar-refractivity contribution in [2.75, 3.05) is 32.7 Å². The molecule has 0 unspecified atom stereocenters. The Morgan fingerprint density at radius 3 is 2.54 bits per heavy atom. The fourth-order valence-electron chi connectivity index (χ4n) is 2.08. The first-order valence-corrected chi connectivity index (χ1v) is 5.88. The summed E-state index contributed by atoms with van der Waals surface area (Å²) in [5, 5.41) is 3.54. The molecule has 1 heterocycles. The number of nitrogens with one attached hydrogen (secondary N) is 1. The third-order valence-corrected chi connectivity index (χ3v) is 3.23. The predicted octanol–water partition coefficient (Wildman–Crippen LogP) is 1.47. The van der Waals surface area contributed by atoms with Crippen molar-refractivity contribution >= 4 is 0 Å². The quantitative estimate of drug-likeness (QED) is 0.626. The highest BCUT2D eigenvalue weighted by Crippen LogP contribution is 2.31. The summed E-state index contributed by atoms with van der Waals surface area (Å²) in [6.07, 6.45) is 7.24. The van der Waals surface area contributed by atoms with E-state index in [1.54, 1.807) is 0 Å². The zero-order valence-corrected chi connectivity index (χ0v) is 8.60. The monoisotopic (exact) mass is 182 g/mol. The molecular formula is C11H22N2. The van der Waals surface area contributed by atoms with Gasteiger partial charge in [0.2, 0.25) is 0 Å². The highest BCUT2D eigenvalue weighted by atomic mass is 15.1. The second kappa shape index (κ2) is 4.97. The van der Waals surface area contributed by atoms with Crippen molar-refractivity contribution in [2.45, 2.75) is 32.1 Å². The normalized spacial score (nSPS) is 24.0. The Hall–Kier alpha value is -0.0800. The van der Waals surface area contributed by atoms with Crippen molar-refractivity contribution in [3.8, 4) is 0 Å². The van der Waals surface area contributed by atoms with Crippen molar-refractivity contribution in [1.29, 1.82) is 0 Å². The molecule has 0 amide bonds. The fourth-order valence-corrected chi connectivity index (χ4v) is 2.08. The maximum absolute atomic E-state index is 3.54. The van der Waals surface area contributed by atoms with Crippen LogP contribution in [0.4, 0.5) is 0 Å². The van der Waals surface area contributed by atoms with Crippen LogP contribution in [0.2, 0.25) is 0 Å². The average Bonchev–Trinajstić information content (AvgIpc) is 2.81. The predicted molar refractivity (Wildman–Crippen MR) is 55.9 cm³/mol. The van der Waals surface area contributed by atoms with Gasteiger partial charge in [0.05, 0.1) is 0 Å². The van der Waals surface area contributed by atoms with E-state index in [9.17, 15) is 0 Å². The lowest BCUT2D eigenvalue weighted by atomic mass is 10.3. The Kier molecular flexibility index (Phi) is 3.62. The van der Waals surface area contributed by atoms with Crippen molar-refractivity contribution in [2.24, 2.45) is 5.92 Å². The van der Waals surface area contributed by atoms with Crippen LogP contribution in [0.15, 0.2) is 0 Å². The smallest absolute Gasteiger partial charge is 0.0107 e. The molecule has 0 aromatic carbocycles. The summed E-state index contributed by atoms with van der Waals surface area (Å²) < 4.78 is 0. The molecule has 0 aromatic heterocycles. The summed E-state index contributed by atoms with van der Waals surface area (Å²) in [6.45, 7) is 6.39. The van der Waals surface area contributed by atoms with Crippen LogP contribution in [0.25, 0.3) is 0 Å². The lowest BCUT2D eigenvalue weighted by molar-refractivity contribution is 0.335. The first-order valence-electron chi connectivity index (χ1n) is 5.88. The van der Waals surface area contributed by atoms with Gasteiger partial charge in [0.25, 0.3) is 0 Å². The van der Waals surface area contributed by atoms with Crippen molar-refractivity contribution in [1.82, 2.24) is 10.2 Å². The van der Waals surface area contributed by atoms with E-state index >= 15 is 0 Å². The maximum atomic E-state index is 3.54. The van der Waals surface area contributed by atoms with Crippen LogP contribution in [-0.2, 0) is 0 Å². The van der Waals surface area contributed by atoms with Gasteiger partial charge in [0.15, 0.2) is 0 Å². The van der Waals surface area contributed by atoms with Crippen LogP contribution in [0, 0.1) is 5.92 Å². The van der Waals surface area contributed by atoms with Gasteiger partial charge < -0.3 is 10.2 Å². The van der Waals surface area contributed by atoms with Crippen LogP contribution in [0.3, 0.4) is 0 Å². The second-order valence-electron chi connectivity index (χ2n) is 4.53. The first-order chi connectivity index (χ1) is 6.45. The van der Waals surface area contributed by atoms with E-state index in [4.69, 9.17) is 0 Å². The summed E-state index contributed by atoms with van der Waals surface area (Å²) in [6, 6.07) is 0. The molecule has 2 rings (SSSR count). The molecule has 76 valence electrons. The summed E-state index contributed by atoms with van der Waals surface area (Å²) in [5.41, 5.74) is 0. The zero-order chi connectivity index (χ0) is 8.93. The van der Waals surface area contributed by atoms with Crippen LogP contribution >= 0.6 is 0 Å². The molecule has 2 heteroatoms. The molecule has 1 saturated heterocycles. The van der Waals surface area contributed by atoms with Crippen LogP contribution in [0.5, 0.6) is 0 Å². The SMILES string of the molecule is C1CCN(CCNCCC2CC2)C1. The number of hydrogen-bond donors (Lipinski definition) is 1.